The van der Waals surface area contributed by atoms with E-state index >= 15 is 0 Å². The highest BCUT2D eigenvalue weighted by atomic mass is 16.5. The van der Waals surface area contributed by atoms with Crippen molar-refractivity contribution in [2.24, 2.45) is 0 Å². The van der Waals surface area contributed by atoms with Crippen molar-refractivity contribution in [3.8, 4) is 5.75 Å². The zero-order valence-corrected chi connectivity index (χ0v) is 15.7. The predicted molar refractivity (Wildman–Crippen MR) is 104 cm³/mol. The minimum atomic E-state index is -0.228. The molecule has 0 aromatic heterocycles. The average molecular weight is 355 g/mol. The van der Waals surface area contributed by atoms with E-state index in [4.69, 9.17) is 4.74 Å². The quantitative estimate of drug-likeness (QED) is 0.829. The lowest BCUT2D eigenvalue weighted by Crippen LogP contribution is -2.37. The van der Waals surface area contributed by atoms with Crippen LogP contribution in [0.4, 0.5) is 11.4 Å². The molecule has 6 nitrogen and oxygen atoms in total. The Hall–Kier alpha value is -3.02. The SMILES string of the molecule is COc1ccccc1C(=O)NCCN(C(C)=O)c1ccc(N(C)C)cc1. The molecule has 0 atom stereocenters. The first-order valence-electron chi connectivity index (χ1n) is 8.40. The van der Waals surface area contributed by atoms with E-state index in [1.807, 2.05) is 49.3 Å². The van der Waals surface area contributed by atoms with Crippen molar-refractivity contribution in [2.75, 3.05) is 44.1 Å². The van der Waals surface area contributed by atoms with E-state index in [-0.39, 0.29) is 11.8 Å². The van der Waals surface area contributed by atoms with Crippen molar-refractivity contribution in [1.82, 2.24) is 5.32 Å². The molecule has 0 saturated carbocycles. The number of hydrogen-bond donors (Lipinski definition) is 1. The van der Waals surface area contributed by atoms with Crippen LogP contribution in [-0.2, 0) is 4.79 Å². The van der Waals surface area contributed by atoms with Gasteiger partial charge in [0.25, 0.3) is 5.91 Å². The molecule has 0 spiro atoms. The number of carbonyl (C=O) groups is 2. The summed E-state index contributed by atoms with van der Waals surface area (Å²) in [5.74, 6) is 0.218. The third-order valence-corrected chi connectivity index (χ3v) is 4.03. The highest BCUT2D eigenvalue weighted by Crippen LogP contribution is 2.20. The van der Waals surface area contributed by atoms with Crippen molar-refractivity contribution < 1.29 is 14.3 Å². The molecule has 2 rings (SSSR count). The number of rotatable bonds is 7. The Morgan fingerprint density at radius 1 is 1.00 bits per heavy atom. The summed E-state index contributed by atoms with van der Waals surface area (Å²) in [5, 5.41) is 2.84. The fraction of sp³-hybridized carbons (Fsp3) is 0.300. The monoisotopic (exact) mass is 355 g/mol. The zero-order valence-electron chi connectivity index (χ0n) is 15.7. The topological polar surface area (TPSA) is 61.9 Å². The second kappa shape index (κ2) is 8.89. The molecule has 0 unspecified atom stereocenters. The van der Waals surface area contributed by atoms with Gasteiger partial charge in [0.2, 0.25) is 5.91 Å². The highest BCUT2D eigenvalue weighted by molar-refractivity contribution is 5.97. The van der Waals surface area contributed by atoms with Crippen molar-refractivity contribution >= 4 is 23.2 Å². The molecule has 138 valence electrons. The van der Waals surface area contributed by atoms with Crippen LogP contribution in [0.25, 0.3) is 0 Å². The lowest BCUT2D eigenvalue weighted by molar-refractivity contribution is -0.116. The summed E-state index contributed by atoms with van der Waals surface area (Å²) in [6.07, 6.45) is 0. The number of amides is 2. The van der Waals surface area contributed by atoms with Gasteiger partial charge in [-0.1, -0.05) is 12.1 Å². The first kappa shape index (κ1) is 19.3. The Morgan fingerprint density at radius 3 is 2.19 bits per heavy atom. The van der Waals surface area contributed by atoms with Crippen LogP contribution in [0, 0.1) is 0 Å². The number of anilines is 2. The van der Waals surface area contributed by atoms with Crippen LogP contribution in [0.1, 0.15) is 17.3 Å². The average Bonchev–Trinajstić information content (AvgIpc) is 2.64. The van der Waals surface area contributed by atoms with Crippen LogP contribution in [-0.4, -0.2) is 46.1 Å². The number of nitrogens with zero attached hydrogens (tertiary/aromatic N) is 2. The van der Waals surface area contributed by atoms with E-state index in [2.05, 4.69) is 5.32 Å². The van der Waals surface area contributed by atoms with Crippen molar-refractivity contribution in [2.45, 2.75) is 6.92 Å². The van der Waals surface area contributed by atoms with Crippen LogP contribution >= 0.6 is 0 Å². The Kier molecular flexibility index (Phi) is 6.60. The van der Waals surface area contributed by atoms with Crippen molar-refractivity contribution in [3.05, 3.63) is 54.1 Å². The van der Waals surface area contributed by atoms with Crippen LogP contribution in [0.15, 0.2) is 48.5 Å². The molecule has 6 heteroatoms. The zero-order chi connectivity index (χ0) is 19.1. The molecular formula is C20H25N3O3. The Balaban J connectivity index is 2.00. The minimum Gasteiger partial charge on any atom is -0.496 e. The van der Waals surface area contributed by atoms with Crippen LogP contribution in [0.2, 0.25) is 0 Å². The van der Waals surface area contributed by atoms with Gasteiger partial charge in [-0.15, -0.1) is 0 Å². The fourth-order valence-electron chi connectivity index (χ4n) is 2.61. The van der Waals surface area contributed by atoms with Gasteiger partial charge in [-0.2, -0.15) is 0 Å². The maximum absolute atomic E-state index is 12.3. The van der Waals surface area contributed by atoms with Gasteiger partial charge in [0.1, 0.15) is 5.75 Å². The molecule has 0 radical (unpaired) electrons. The van der Waals surface area contributed by atoms with E-state index in [0.29, 0.717) is 24.4 Å². The molecule has 2 aromatic rings. The Bertz CT molecular complexity index is 757. The maximum atomic E-state index is 12.3. The summed E-state index contributed by atoms with van der Waals surface area (Å²) in [6, 6.07) is 14.8. The van der Waals surface area contributed by atoms with E-state index < -0.39 is 0 Å². The number of benzene rings is 2. The fourth-order valence-corrected chi connectivity index (χ4v) is 2.61. The molecule has 26 heavy (non-hydrogen) atoms. The number of nitrogens with one attached hydrogen (secondary N) is 1. The number of ether oxygens (including phenoxy) is 1. The van der Waals surface area contributed by atoms with Crippen LogP contribution < -0.4 is 19.9 Å². The maximum Gasteiger partial charge on any atom is 0.255 e. The Morgan fingerprint density at radius 2 is 1.62 bits per heavy atom. The van der Waals surface area contributed by atoms with Crippen molar-refractivity contribution in [3.63, 3.8) is 0 Å². The van der Waals surface area contributed by atoms with Crippen molar-refractivity contribution in [1.29, 1.82) is 0 Å². The summed E-state index contributed by atoms with van der Waals surface area (Å²) < 4.78 is 5.20. The smallest absolute Gasteiger partial charge is 0.255 e. The van der Waals surface area contributed by atoms with Gasteiger partial charge in [-0.25, -0.2) is 0 Å². The normalized spacial score (nSPS) is 10.2. The number of hydrogen-bond acceptors (Lipinski definition) is 4. The summed E-state index contributed by atoms with van der Waals surface area (Å²) in [6.45, 7) is 2.24. The second-order valence-corrected chi connectivity index (χ2v) is 6.04. The number of para-hydroxylation sites is 1. The molecule has 0 aliphatic carbocycles. The molecule has 0 fully saturated rings. The van der Waals surface area contributed by atoms with Gasteiger partial charge in [-0.05, 0) is 36.4 Å². The largest absolute Gasteiger partial charge is 0.496 e. The Labute approximate surface area is 154 Å². The number of carbonyl (C=O) groups excluding carboxylic acids is 2. The van der Waals surface area contributed by atoms with Gasteiger partial charge in [-0.3, -0.25) is 9.59 Å². The lowest BCUT2D eigenvalue weighted by atomic mass is 10.2. The summed E-state index contributed by atoms with van der Waals surface area (Å²) >= 11 is 0. The minimum absolute atomic E-state index is 0.0749. The van der Waals surface area contributed by atoms with E-state index in [9.17, 15) is 9.59 Å². The summed E-state index contributed by atoms with van der Waals surface area (Å²) in [4.78, 5) is 28.0. The first-order valence-corrected chi connectivity index (χ1v) is 8.40. The molecular weight excluding hydrogens is 330 g/mol. The molecule has 2 amide bonds. The molecule has 0 heterocycles. The standard InChI is InChI=1S/C20H25N3O3/c1-15(24)23(17-11-9-16(10-12-17)22(2)3)14-13-21-20(25)18-7-5-6-8-19(18)26-4/h5-12H,13-14H2,1-4H3,(H,21,25). The molecule has 1 N–H and O–H groups in total. The van der Waals surface area contributed by atoms with E-state index in [0.717, 1.165) is 11.4 Å². The molecule has 0 saturated heterocycles. The van der Waals surface area contributed by atoms with Gasteiger partial charge in [0, 0.05) is 45.5 Å². The second-order valence-electron chi connectivity index (χ2n) is 6.04. The van der Waals surface area contributed by atoms with E-state index in [1.54, 1.807) is 23.1 Å². The summed E-state index contributed by atoms with van der Waals surface area (Å²) in [7, 11) is 5.46. The third-order valence-electron chi connectivity index (χ3n) is 4.03. The summed E-state index contributed by atoms with van der Waals surface area (Å²) in [5.41, 5.74) is 2.33. The van der Waals surface area contributed by atoms with Crippen LogP contribution in [0.3, 0.4) is 0 Å². The lowest BCUT2D eigenvalue weighted by Gasteiger charge is -2.22. The molecule has 0 aliphatic heterocycles. The van der Waals surface area contributed by atoms with Gasteiger partial charge in [0.15, 0.2) is 0 Å². The highest BCUT2D eigenvalue weighted by Gasteiger charge is 2.14. The van der Waals surface area contributed by atoms with Gasteiger partial charge < -0.3 is 19.9 Å². The first-order chi connectivity index (χ1) is 12.4. The third kappa shape index (κ3) is 4.75. The molecule has 0 bridgehead atoms. The predicted octanol–water partition coefficient (Wildman–Crippen LogP) is 2.54. The molecule has 0 aliphatic rings. The van der Waals surface area contributed by atoms with Crippen LogP contribution in [0.5, 0.6) is 5.75 Å². The van der Waals surface area contributed by atoms with E-state index in [1.165, 1.54) is 14.0 Å². The van der Waals surface area contributed by atoms with Gasteiger partial charge in [0.05, 0.1) is 12.7 Å². The molecule has 2 aromatic carbocycles. The number of methoxy groups -OCH3 is 1. The van der Waals surface area contributed by atoms with Gasteiger partial charge >= 0.3 is 0 Å².